The Balaban J connectivity index is 2.27. The highest BCUT2D eigenvalue weighted by atomic mass is 35.5. The summed E-state index contributed by atoms with van der Waals surface area (Å²) in [5.41, 5.74) is 0.699. The summed E-state index contributed by atoms with van der Waals surface area (Å²) >= 11 is 6.02. The van der Waals surface area contributed by atoms with Crippen molar-refractivity contribution in [2.45, 2.75) is 6.18 Å². The van der Waals surface area contributed by atoms with Gasteiger partial charge in [-0.2, -0.15) is 13.2 Å². The topological polar surface area (TPSA) is 39.9 Å². The van der Waals surface area contributed by atoms with Gasteiger partial charge in [-0.3, -0.25) is 0 Å². The monoisotopic (exact) mass is 341 g/mol. The van der Waals surface area contributed by atoms with Crippen molar-refractivity contribution >= 4 is 22.5 Å². The standard InChI is InChI=1S/C15H11ClF3N3O/c1-22-6-5-10-13(22)12(20-21-14(10)16)9-4-3-8(15(17,18)19)7-11(9)23-2/h3-7H,1-2H3. The molecular formula is C15H11ClF3N3O. The molecule has 0 radical (unpaired) electrons. The van der Waals surface area contributed by atoms with Crippen LogP contribution in [0, 0.1) is 0 Å². The van der Waals surface area contributed by atoms with Gasteiger partial charge in [0, 0.05) is 24.2 Å². The van der Waals surface area contributed by atoms with E-state index in [4.69, 9.17) is 16.3 Å². The molecule has 3 aromatic rings. The number of hydrogen-bond donors (Lipinski definition) is 0. The number of nitrogens with zero attached hydrogens (tertiary/aromatic N) is 3. The van der Waals surface area contributed by atoms with E-state index in [2.05, 4.69) is 10.2 Å². The molecule has 120 valence electrons. The molecule has 0 fully saturated rings. The van der Waals surface area contributed by atoms with Gasteiger partial charge >= 0.3 is 6.18 Å². The lowest BCUT2D eigenvalue weighted by Gasteiger charge is -2.13. The van der Waals surface area contributed by atoms with Gasteiger partial charge in [0.1, 0.15) is 11.4 Å². The Morgan fingerprint density at radius 1 is 1.17 bits per heavy atom. The quantitative estimate of drug-likeness (QED) is 0.697. The van der Waals surface area contributed by atoms with Crippen molar-refractivity contribution in [3.05, 3.63) is 41.2 Å². The Morgan fingerprint density at radius 2 is 1.91 bits per heavy atom. The van der Waals surface area contributed by atoms with Crippen LogP contribution in [-0.2, 0) is 13.2 Å². The van der Waals surface area contributed by atoms with Crippen molar-refractivity contribution in [2.75, 3.05) is 7.11 Å². The molecule has 0 saturated carbocycles. The largest absolute Gasteiger partial charge is 0.496 e. The molecular weight excluding hydrogens is 331 g/mol. The number of rotatable bonds is 2. The summed E-state index contributed by atoms with van der Waals surface area (Å²) in [5, 5.41) is 8.81. The van der Waals surface area contributed by atoms with Crippen molar-refractivity contribution < 1.29 is 17.9 Å². The molecule has 0 aliphatic carbocycles. The molecule has 23 heavy (non-hydrogen) atoms. The molecule has 0 atom stereocenters. The highest BCUT2D eigenvalue weighted by molar-refractivity contribution is 6.34. The molecule has 0 aliphatic rings. The number of aryl methyl sites for hydroxylation is 1. The van der Waals surface area contributed by atoms with Gasteiger partial charge in [-0.05, 0) is 24.3 Å². The van der Waals surface area contributed by atoms with Crippen LogP contribution >= 0.6 is 11.6 Å². The lowest BCUT2D eigenvalue weighted by Crippen LogP contribution is -2.06. The fourth-order valence-corrected chi connectivity index (χ4v) is 2.62. The number of aromatic nitrogens is 3. The Morgan fingerprint density at radius 3 is 2.57 bits per heavy atom. The van der Waals surface area contributed by atoms with E-state index in [0.717, 1.165) is 12.1 Å². The van der Waals surface area contributed by atoms with Gasteiger partial charge in [-0.1, -0.05) is 11.6 Å². The van der Waals surface area contributed by atoms with E-state index < -0.39 is 11.7 Å². The first-order valence-electron chi connectivity index (χ1n) is 6.55. The fourth-order valence-electron chi connectivity index (χ4n) is 2.43. The van der Waals surface area contributed by atoms with E-state index in [0.29, 0.717) is 22.2 Å². The van der Waals surface area contributed by atoms with Crippen LogP contribution in [0.4, 0.5) is 13.2 Å². The van der Waals surface area contributed by atoms with E-state index in [-0.39, 0.29) is 10.9 Å². The molecule has 0 amide bonds. The first kappa shape index (κ1) is 15.6. The van der Waals surface area contributed by atoms with Gasteiger partial charge in [0.25, 0.3) is 0 Å². The van der Waals surface area contributed by atoms with Crippen molar-refractivity contribution in [2.24, 2.45) is 7.05 Å². The summed E-state index contributed by atoms with van der Waals surface area (Å²) in [5.74, 6) is 0.0685. The maximum atomic E-state index is 12.9. The molecule has 0 aliphatic heterocycles. The Bertz CT molecular complexity index is 890. The highest BCUT2D eigenvalue weighted by Gasteiger charge is 2.31. The molecule has 4 nitrogen and oxygen atoms in total. The van der Waals surface area contributed by atoms with E-state index in [1.807, 2.05) is 0 Å². The molecule has 3 rings (SSSR count). The van der Waals surface area contributed by atoms with Crippen molar-refractivity contribution in [3.63, 3.8) is 0 Å². The van der Waals surface area contributed by atoms with Crippen molar-refractivity contribution in [1.82, 2.24) is 14.8 Å². The summed E-state index contributed by atoms with van der Waals surface area (Å²) < 4.78 is 45.5. The lowest BCUT2D eigenvalue weighted by atomic mass is 10.1. The van der Waals surface area contributed by atoms with Crippen LogP contribution in [-0.4, -0.2) is 21.9 Å². The van der Waals surface area contributed by atoms with Crippen LogP contribution in [0.2, 0.25) is 5.15 Å². The summed E-state index contributed by atoms with van der Waals surface area (Å²) in [6.07, 6.45) is -2.67. The van der Waals surface area contributed by atoms with Gasteiger partial charge < -0.3 is 9.30 Å². The van der Waals surface area contributed by atoms with Crippen LogP contribution in [0.3, 0.4) is 0 Å². The fraction of sp³-hybridized carbons (Fsp3) is 0.200. The van der Waals surface area contributed by atoms with Crippen molar-refractivity contribution in [1.29, 1.82) is 0 Å². The number of benzene rings is 1. The minimum Gasteiger partial charge on any atom is -0.496 e. The van der Waals surface area contributed by atoms with Gasteiger partial charge in [0.15, 0.2) is 5.15 Å². The summed E-state index contributed by atoms with van der Waals surface area (Å²) in [6.45, 7) is 0. The zero-order valence-electron chi connectivity index (χ0n) is 12.1. The zero-order chi connectivity index (χ0) is 16.8. The third-order valence-electron chi connectivity index (χ3n) is 3.54. The molecule has 2 heterocycles. The Hall–Kier alpha value is -2.28. The molecule has 0 bridgehead atoms. The van der Waals surface area contributed by atoms with E-state index >= 15 is 0 Å². The molecule has 1 aromatic carbocycles. The summed E-state index contributed by atoms with van der Waals surface area (Å²) in [4.78, 5) is 0. The first-order chi connectivity index (χ1) is 10.8. The number of methoxy groups -OCH3 is 1. The minimum atomic E-state index is -4.45. The van der Waals surface area contributed by atoms with Crippen molar-refractivity contribution in [3.8, 4) is 17.0 Å². The third-order valence-corrected chi connectivity index (χ3v) is 3.82. The Labute approximate surface area is 134 Å². The average molecular weight is 342 g/mol. The average Bonchev–Trinajstić information content (AvgIpc) is 2.89. The molecule has 0 saturated heterocycles. The van der Waals surface area contributed by atoms with Gasteiger partial charge in [-0.15, -0.1) is 10.2 Å². The smallest absolute Gasteiger partial charge is 0.416 e. The Kier molecular flexibility index (Phi) is 3.68. The predicted octanol–water partition coefficient (Wildman–Crippen LogP) is 4.32. The van der Waals surface area contributed by atoms with E-state index in [9.17, 15) is 13.2 Å². The van der Waals surface area contributed by atoms with Crippen LogP contribution in [0.5, 0.6) is 5.75 Å². The van der Waals surface area contributed by atoms with Crippen LogP contribution in [0.15, 0.2) is 30.5 Å². The normalized spacial score (nSPS) is 11.9. The zero-order valence-corrected chi connectivity index (χ0v) is 12.9. The maximum Gasteiger partial charge on any atom is 0.416 e. The van der Waals surface area contributed by atoms with Crippen LogP contribution < -0.4 is 4.74 Å². The number of ether oxygens (including phenoxy) is 1. The molecule has 0 spiro atoms. The first-order valence-corrected chi connectivity index (χ1v) is 6.93. The highest BCUT2D eigenvalue weighted by Crippen LogP contribution is 2.39. The minimum absolute atomic E-state index is 0.0685. The number of hydrogen-bond acceptors (Lipinski definition) is 3. The molecule has 0 N–H and O–H groups in total. The van der Waals surface area contributed by atoms with E-state index in [1.165, 1.54) is 13.2 Å². The summed E-state index contributed by atoms with van der Waals surface area (Å²) in [7, 11) is 3.10. The second kappa shape index (κ2) is 5.42. The van der Waals surface area contributed by atoms with Gasteiger partial charge in [-0.25, -0.2) is 0 Å². The lowest BCUT2D eigenvalue weighted by molar-refractivity contribution is -0.137. The molecule has 2 aromatic heterocycles. The second-order valence-corrected chi connectivity index (χ2v) is 5.30. The number of fused-ring (bicyclic) bond motifs is 1. The van der Waals surface area contributed by atoms with Crippen LogP contribution in [0.25, 0.3) is 22.2 Å². The third kappa shape index (κ3) is 2.61. The van der Waals surface area contributed by atoms with Gasteiger partial charge in [0.05, 0.1) is 18.2 Å². The predicted molar refractivity (Wildman–Crippen MR) is 80.5 cm³/mol. The maximum absolute atomic E-state index is 12.9. The SMILES string of the molecule is COc1cc(C(F)(F)F)ccc1-c1nnc(Cl)c2ccn(C)c12. The second-order valence-electron chi connectivity index (χ2n) is 4.94. The summed E-state index contributed by atoms with van der Waals surface area (Å²) in [6, 6.07) is 5.03. The number of alkyl halides is 3. The number of halogens is 4. The molecule has 8 heteroatoms. The molecule has 0 unspecified atom stereocenters. The van der Waals surface area contributed by atoms with Crippen LogP contribution in [0.1, 0.15) is 5.56 Å². The van der Waals surface area contributed by atoms with E-state index in [1.54, 1.807) is 23.9 Å². The van der Waals surface area contributed by atoms with Gasteiger partial charge in [0.2, 0.25) is 0 Å².